The molecule has 0 radical (unpaired) electrons. The summed E-state index contributed by atoms with van der Waals surface area (Å²) in [6, 6.07) is 9.49. The first-order chi connectivity index (χ1) is 7.72. The first kappa shape index (κ1) is 13.1. The van der Waals surface area contributed by atoms with E-state index in [0.29, 0.717) is 17.5 Å². The maximum absolute atomic E-state index is 11.6. The van der Waals surface area contributed by atoms with Crippen LogP contribution in [0.2, 0.25) is 0 Å². The molecule has 1 amide bonds. The van der Waals surface area contributed by atoms with Crippen molar-refractivity contribution in [1.29, 1.82) is 0 Å². The average molecular weight is 238 g/mol. The number of para-hydroxylation sites is 1. The predicted molar refractivity (Wildman–Crippen MR) is 70.7 cm³/mol. The van der Waals surface area contributed by atoms with Crippen LogP contribution in [0, 0.1) is 0 Å². The summed E-state index contributed by atoms with van der Waals surface area (Å²) in [6.07, 6.45) is 0.948. The standard InChI is InChI=1S/C12H18N2OS/c1-10(7-8-13)16-9-12(15)14-11-5-3-2-4-6-11/h2-6,10H,7-9,13H2,1H3,(H,14,15). The van der Waals surface area contributed by atoms with Gasteiger partial charge in [0.2, 0.25) is 5.91 Å². The second kappa shape index (κ2) is 7.30. The Hall–Kier alpha value is -1.00. The van der Waals surface area contributed by atoms with Crippen LogP contribution in [-0.4, -0.2) is 23.5 Å². The van der Waals surface area contributed by atoms with Gasteiger partial charge < -0.3 is 11.1 Å². The monoisotopic (exact) mass is 238 g/mol. The van der Waals surface area contributed by atoms with Gasteiger partial charge in [0.15, 0.2) is 0 Å². The molecule has 3 N–H and O–H groups in total. The van der Waals surface area contributed by atoms with Crippen LogP contribution in [0.4, 0.5) is 5.69 Å². The van der Waals surface area contributed by atoms with Crippen LogP contribution >= 0.6 is 11.8 Å². The SMILES string of the molecule is CC(CCN)SCC(=O)Nc1ccccc1. The van der Waals surface area contributed by atoms with E-state index in [-0.39, 0.29) is 5.91 Å². The van der Waals surface area contributed by atoms with E-state index in [9.17, 15) is 4.79 Å². The lowest BCUT2D eigenvalue weighted by Gasteiger charge is -2.09. The molecule has 0 aromatic heterocycles. The summed E-state index contributed by atoms with van der Waals surface area (Å²) in [5.74, 6) is 0.524. The highest BCUT2D eigenvalue weighted by Gasteiger charge is 2.06. The second-order valence-corrected chi connectivity index (χ2v) is 5.04. The number of carbonyl (C=O) groups excluding carboxylic acids is 1. The van der Waals surface area contributed by atoms with Gasteiger partial charge in [-0.3, -0.25) is 4.79 Å². The van der Waals surface area contributed by atoms with E-state index in [2.05, 4.69) is 12.2 Å². The number of nitrogens with one attached hydrogen (secondary N) is 1. The van der Waals surface area contributed by atoms with Gasteiger partial charge in [-0.2, -0.15) is 0 Å². The molecule has 1 aromatic carbocycles. The molecule has 0 aliphatic rings. The van der Waals surface area contributed by atoms with Gasteiger partial charge in [0, 0.05) is 10.9 Å². The smallest absolute Gasteiger partial charge is 0.234 e. The van der Waals surface area contributed by atoms with Gasteiger partial charge in [0.25, 0.3) is 0 Å². The third-order valence-electron chi connectivity index (χ3n) is 2.13. The molecule has 0 aliphatic carbocycles. The lowest BCUT2D eigenvalue weighted by Crippen LogP contribution is -2.16. The molecule has 88 valence electrons. The van der Waals surface area contributed by atoms with Crippen LogP contribution in [0.15, 0.2) is 30.3 Å². The van der Waals surface area contributed by atoms with Crippen LogP contribution in [0.3, 0.4) is 0 Å². The predicted octanol–water partition coefficient (Wildman–Crippen LogP) is 2.10. The van der Waals surface area contributed by atoms with Gasteiger partial charge in [-0.15, -0.1) is 11.8 Å². The fraction of sp³-hybridized carbons (Fsp3) is 0.417. The first-order valence-electron chi connectivity index (χ1n) is 5.39. The van der Waals surface area contributed by atoms with Crippen molar-refractivity contribution >= 4 is 23.4 Å². The molecule has 1 unspecified atom stereocenters. The van der Waals surface area contributed by atoms with Crippen LogP contribution in [0.1, 0.15) is 13.3 Å². The summed E-state index contributed by atoms with van der Waals surface area (Å²) in [6.45, 7) is 2.77. The van der Waals surface area contributed by atoms with E-state index in [4.69, 9.17) is 5.73 Å². The maximum atomic E-state index is 11.6. The van der Waals surface area contributed by atoms with E-state index < -0.39 is 0 Å². The molecular weight excluding hydrogens is 220 g/mol. The molecule has 0 bridgehead atoms. The van der Waals surface area contributed by atoms with Gasteiger partial charge in [0.05, 0.1) is 5.75 Å². The van der Waals surface area contributed by atoms with E-state index in [1.807, 2.05) is 30.3 Å². The number of anilines is 1. The van der Waals surface area contributed by atoms with Crippen molar-refractivity contribution in [2.45, 2.75) is 18.6 Å². The average Bonchev–Trinajstić information content (AvgIpc) is 2.28. The van der Waals surface area contributed by atoms with Gasteiger partial charge in [0.1, 0.15) is 0 Å². The third kappa shape index (κ3) is 5.19. The lowest BCUT2D eigenvalue weighted by molar-refractivity contribution is -0.113. The second-order valence-electron chi connectivity index (χ2n) is 3.61. The van der Waals surface area contributed by atoms with E-state index in [1.165, 1.54) is 0 Å². The maximum Gasteiger partial charge on any atom is 0.234 e. The van der Waals surface area contributed by atoms with Crippen molar-refractivity contribution in [2.24, 2.45) is 5.73 Å². The largest absolute Gasteiger partial charge is 0.330 e. The molecule has 1 aromatic rings. The number of rotatable bonds is 6. The third-order valence-corrected chi connectivity index (χ3v) is 3.36. The van der Waals surface area contributed by atoms with Crippen LogP contribution in [0.5, 0.6) is 0 Å². The number of hydrogen-bond donors (Lipinski definition) is 2. The normalized spacial score (nSPS) is 12.1. The van der Waals surface area contributed by atoms with E-state index >= 15 is 0 Å². The Kier molecular flexibility index (Phi) is 5.96. The zero-order chi connectivity index (χ0) is 11.8. The van der Waals surface area contributed by atoms with Crippen LogP contribution in [-0.2, 0) is 4.79 Å². The summed E-state index contributed by atoms with van der Waals surface area (Å²) < 4.78 is 0. The Bertz CT molecular complexity index is 316. The number of benzene rings is 1. The highest BCUT2D eigenvalue weighted by atomic mass is 32.2. The van der Waals surface area contributed by atoms with Crippen molar-refractivity contribution in [3.8, 4) is 0 Å². The van der Waals surface area contributed by atoms with Crippen LogP contribution in [0.25, 0.3) is 0 Å². The minimum Gasteiger partial charge on any atom is -0.330 e. The zero-order valence-electron chi connectivity index (χ0n) is 9.48. The molecule has 1 rings (SSSR count). The zero-order valence-corrected chi connectivity index (χ0v) is 10.3. The molecule has 1 atom stereocenters. The van der Waals surface area contributed by atoms with Gasteiger partial charge in [-0.1, -0.05) is 25.1 Å². The molecule has 4 heteroatoms. The van der Waals surface area contributed by atoms with E-state index in [1.54, 1.807) is 11.8 Å². The number of nitrogens with two attached hydrogens (primary N) is 1. The number of thioether (sulfide) groups is 1. The summed E-state index contributed by atoms with van der Waals surface area (Å²) in [4.78, 5) is 11.6. The van der Waals surface area contributed by atoms with E-state index in [0.717, 1.165) is 12.1 Å². The Morgan fingerprint density at radius 2 is 2.12 bits per heavy atom. The number of hydrogen-bond acceptors (Lipinski definition) is 3. The highest BCUT2D eigenvalue weighted by Crippen LogP contribution is 2.14. The minimum absolute atomic E-state index is 0.0417. The fourth-order valence-corrected chi connectivity index (χ4v) is 2.07. The number of carbonyl (C=O) groups is 1. The molecule has 0 saturated carbocycles. The quantitative estimate of drug-likeness (QED) is 0.798. The van der Waals surface area contributed by atoms with Gasteiger partial charge >= 0.3 is 0 Å². The highest BCUT2D eigenvalue weighted by molar-refractivity contribution is 8.00. The molecule has 3 nitrogen and oxygen atoms in total. The molecule has 0 fully saturated rings. The summed E-state index contributed by atoms with van der Waals surface area (Å²) in [5.41, 5.74) is 6.29. The van der Waals surface area contributed by atoms with Crippen molar-refractivity contribution in [1.82, 2.24) is 0 Å². The lowest BCUT2D eigenvalue weighted by atomic mass is 10.3. The summed E-state index contributed by atoms with van der Waals surface area (Å²) >= 11 is 1.64. The Morgan fingerprint density at radius 1 is 1.44 bits per heavy atom. The first-order valence-corrected chi connectivity index (χ1v) is 6.44. The molecule has 16 heavy (non-hydrogen) atoms. The number of amides is 1. The van der Waals surface area contributed by atoms with Gasteiger partial charge in [-0.25, -0.2) is 0 Å². The molecule has 0 spiro atoms. The van der Waals surface area contributed by atoms with Crippen molar-refractivity contribution in [3.05, 3.63) is 30.3 Å². The van der Waals surface area contributed by atoms with Crippen molar-refractivity contribution in [2.75, 3.05) is 17.6 Å². The Balaban J connectivity index is 2.26. The summed E-state index contributed by atoms with van der Waals surface area (Å²) in [7, 11) is 0. The van der Waals surface area contributed by atoms with Gasteiger partial charge in [-0.05, 0) is 25.1 Å². The summed E-state index contributed by atoms with van der Waals surface area (Å²) in [5, 5.41) is 3.28. The topological polar surface area (TPSA) is 55.1 Å². The molecule has 0 heterocycles. The fourth-order valence-electron chi connectivity index (χ4n) is 1.25. The Labute approximate surface area is 101 Å². The van der Waals surface area contributed by atoms with Crippen LogP contribution < -0.4 is 11.1 Å². The molecule has 0 saturated heterocycles. The molecular formula is C12H18N2OS. The molecule has 0 aliphatic heterocycles. The Morgan fingerprint density at radius 3 is 2.75 bits per heavy atom. The van der Waals surface area contributed by atoms with Crippen molar-refractivity contribution in [3.63, 3.8) is 0 Å². The van der Waals surface area contributed by atoms with Crippen molar-refractivity contribution < 1.29 is 4.79 Å². The minimum atomic E-state index is 0.0417.